The molecule has 0 bridgehead atoms. The second-order valence-corrected chi connectivity index (χ2v) is 8.93. The standard InChI is InChI=1S/C21H29ClN4O/c1-21(2,3)26-18(14-10-11-14)12-17(24-26)20(27)23-13-19(25(4)5)15-8-6-7-9-16(15)22/h6-9,12,14,19H,10-11,13H2,1-5H3,(H,23,27). The molecule has 1 aromatic heterocycles. The predicted octanol–water partition coefficient (Wildman–Crippen LogP) is 4.20. The highest BCUT2D eigenvalue weighted by atomic mass is 35.5. The van der Waals surface area contributed by atoms with Crippen LogP contribution in [-0.4, -0.2) is 41.2 Å². The van der Waals surface area contributed by atoms with Crippen LogP contribution in [0.15, 0.2) is 30.3 Å². The Morgan fingerprint density at radius 3 is 2.56 bits per heavy atom. The van der Waals surface area contributed by atoms with E-state index < -0.39 is 0 Å². The molecular weight excluding hydrogens is 360 g/mol. The van der Waals surface area contributed by atoms with Crippen molar-refractivity contribution >= 4 is 17.5 Å². The highest BCUT2D eigenvalue weighted by Crippen LogP contribution is 2.41. The second kappa shape index (κ2) is 7.64. The van der Waals surface area contributed by atoms with E-state index in [-0.39, 0.29) is 17.5 Å². The van der Waals surface area contributed by atoms with E-state index in [1.807, 2.05) is 49.1 Å². The average Bonchev–Trinajstić information content (AvgIpc) is 3.33. The molecule has 1 aliphatic carbocycles. The Morgan fingerprint density at radius 1 is 1.33 bits per heavy atom. The molecule has 1 N–H and O–H groups in total. The van der Waals surface area contributed by atoms with Gasteiger partial charge in [0.25, 0.3) is 5.91 Å². The third-order valence-corrected chi connectivity index (χ3v) is 5.29. The van der Waals surface area contributed by atoms with Crippen LogP contribution in [-0.2, 0) is 5.54 Å². The molecule has 5 nitrogen and oxygen atoms in total. The third kappa shape index (κ3) is 4.53. The molecule has 1 heterocycles. The van der Waals surface area contributed by atoms with Crippen molar-refractivity contribution in [2.75, 3.05) is 20.6 Å². The van der Waals surface area contributed by atoms with Crippen molar-refractivity contribution < 1.29 is 4.79 Å². The van der Waals surface area contributed by atoms with Crippen LogP contribution in [0.25, 0.3) is 0 Å². The fourth-order valence-corrected chi connectivity index (χ4v) is 3.57. The molecule has 1 saturated carbocycles. The molecule has 0 radical (unpaired) electrons. The molecule has 6 heteroatoms. The van der Waals surface area contributed by atoms with Crippen molar-refractivity contribution in [2.45, 2.75) is 51.1 Å². The average molecular weight is 389 g/mol. The van der Waals surface area contributed by atoms with E-state index in [4.69, 9.17) is 11.6 Å². The second-order valence-electron chi connectivity index (χ2n) is 8.52. The van der Waals surface area contributed by atoms with Crippen LogP contribution in [0.1, 0.15) is 67.3 Å². The van der Waals surface area contributed by atoms with Gasteiger partial charge in [0.2, 0.25) is 0 Å². The number of halogens is 1. The lowest BCUT2D eigenvalue weighted by Gasteiger charge is -2.25. The van der Waals surface area contributed by atoms with E-state index in [2.05, 4.69) is 36.1 Å². The van der Waals surface area contributed by atoms with Crippen molar-refractivity contribution in [1.29, 1.82) is 0 Å². The van der Waals surface area contributed by atoms with E-state index in [1.165, 1.54) is 18.5 Å². The lowest BCUT2D eigenvalue weighted by atomic mass is 10.1. The van der Waals surface area contributed by atoms with Crippen LogP contribution < -0.4 is 5.32 Å². The summed E-state index contributed by atoms with van der Waals surface area (Å²) >= 11 is 6.36. The van der Waals surface area contributed by atoms with Crippen molar-refractivity contribution in [3.05, 3.63) is 52.3 Å². The van der Waals surface area contributed by atoms with Crippen molar-refractivity contribution in [1.82, 2.24) is 20.0 Å². The van der Waals surface area contributed by atoms with Gasteiger partial charge >= 0.3 is 0 Å². The number of aromatic nitrogens is 2. The highest BCUT2D eigenvalue weighted by Gasteiger charge is 2.32. The van der Waals surface area contributed by atoms with Gasteiger partial charge in [-0.3, -0.25) is 9.48 Å². The molecule has 0 saturated heterocycles. The van der Waals surface area contributed by atoms with E-state index in [0.29, 0.717) is 23.2 Å². The molecule has 1 fully saturated rings. The number of carbonyl (C=O) groups excluding carboxylic acids is 1. The zero-order valence-corrected chi connectivity index (χ0v) is 17.5. The molecule has 1 aromatic carbocycles. The maximum Gasteiger partial charge on any atom is 0.271 e. The SMILES string of the molecule is CN(C)C(CNC(=O)c1cc(C2CC2)n(C(C)(C)C)n1)c1ccccc1Cl. The minimum absolute atomic E-state index is 0.00439. The Bertz CT molecular complexity index is 818. The monoisotopic (exact) mass is 388 g/mol. The molecule has 1 unspecified atom stereocenters. The van der Waals surface area contributed by atoms with Crippen LogP contribution in [0.2, 0.25) is 5.02 Å². The highest BCUT2D eigenvalue weighted by molar-refractivity contribution is 6.31. The van der Waals surface area contributed by atoms with E-state index in [0.717, 1.165) is 5.56 Å². The predicted molar refractivity (Wildman–Crippen MR) is 109 cm³/mol. The van der Waals surface area contributed by atoms with Gasteiger partial charge in [-0.15, -0.1) is 0 Å². The number of benzene rings is 1. The Kier molecular flexibility index (Phi) is 5.63. The molecule has 0 spiro atoms. The molecular formula is C21H29ClN4O. The maximum absolute atomic E-state index is 12.8. The molecule has 0 aliphatic heterocycles. The van der Waals surface area contributed by atoms with Gasteiger partial charge in [0.05, 0.1) is 11.6 Å². The van der Waals surface area contributed by atoms with Gasteiger partial charge < -0.3 is 10.2 Å². The topological polar surface area (TPSA) is 50.2 Å². The Hall–Kier alpha value is -1.85. The molecule has 1 amide bonds. The Morgan fingerprint density at radius 2 is 2.00 bits per heavy atom. The summed E-state index contributed by atoms with van der Waals surface area (Å²) in [7, 11) is 3.97. The number of nitrogens with zero attached hydrogens (tertiary/aromatic N) is 3. The van der Waals surface area contributed by atoms with Crippen LogP contribution in [0.5, 0.6) is 0 Å². The summed E-state index contributed by atoms with van der Waals surface area (Å²) in [5.41, 5.74) is 2.52. The Balaban J connectivity index is 1.76. The van der Waals surface area contributed by atoms with Gasteiger partial charge in [0.15, 0.2) is 0 Å². The summed E-state index contributed by atoms with van der Waals surface area (Å²) in [6.45, 7) is 6.82. The first-order valence-corrected chi connectivity index (χ1v) is 9.85. The molecule has 146 valence electrons. The van der Waals surface area contributed by atoms with E-state index in [9.17, 15) is 4.79 Å². The van der Waals surface area contributed by atoms with Crippen molar-refractivity contribution in [3.8, 4) is 0 Å². The number of amides is 1. The van der Waals surface area contributed by atoms with Crippen molar-refractivity contribution in [3.63, 3.8) is 0 Å². The summed E-state index contributed by atoms with van der Waals surface area (Å²) in [5, 5.41) is 8.37. The van der Waals surface area contributed by atoms with Gasteiger partial charge in [-0.25, -0.2) is 0 Å². The summed E-state index contributed by atoms with van der Waals surface area (Å²) in [5.74, 6) is 0.398. The summed E-state index contributed by atoms with van der Waals surface area (Å²) in [6.07, 6.45) is 2.36. The summed E-state index contributed by atoms with van der Waals surface area (Å²) < 4.78 is 2.01. The first-order valence-electron chi connectivity index (χ1n) is 9.48. The quantitative estimate of drug-likeness (QED) is 0.806. The normalized spacial score (nSPS) is 15.8. The number of nitrogens with one attached hydrogen (secondary N) is 1. The Labute approximate surface area is 166 Å². The lowest BCUT2D eigenvalue weighted by molar-refractivity contribution is 0.0935. The number of hydrogen-bond acceptors (Lipinski definition) is 3. The smallest absolute Gasteiger partial charge is 0.271 e. The van der Waals surface area contributed by atoms with Crippen molar-refractivity contribution in [2.24, 2.45) is 0 Å². The molecule has 2 aromatic rings. The van der Waals surface area contributed by atoms with Crippen LogP contribution in [0, 0.1) is 0 Å². The minimum atomic E-state index is -0.140. The van der Waals surface area contributed by atoms with Crippen LogP contribution in [0.3, 0.4) is 0 Å². The van der Waals surface area contributed by atoms with E-state index >= 15 is 0 Å². The first-order chi connectivity index (χ1) is 12.7. The van der Waals surface area contributed by atoms with Gasteiger partial charge in [-0.05, 0) is 65.4 Å². The summed E-state index contributed by atoms with van der Waals surface area (Å²) in [4.78, 5) is 14.8. The number of rotatable bonds is 6. The molecule has 3 rings (SSSR count). The van der Waals surface area contributed by atoms with Gasteiger partial charge in [0.1, 0.15) is 5.69 Å². The molecule has 27 heavy (non-hydrogen) atoms. The maximum atomic E-state index is 12.8. The zero-order valence-electron chi connectivity index (χ0n) is 16.8. The third-order valence-electron chi connectivity index (χ3n) is 4.94. The number of hydrogen-bond donors (Lipinski definition) is 1. The molecule has 1 aliphatic rings. The summed E-state index contributed by atoms with van der Waals surface area (Å²) in [6, 6.07) is 9.71. The van der Waals surface area contributed by atoms with E-state index in [1.54, 1.807) is 0 Å². The fourth-order valence-electron chi connectivity index (χ4n) is 3.31. The van der Waals surface area contributed by atoms with Gasteiger partial charge in [-0.2, -0.15) is 5.10 Å². The first kappa shape index (κ1) is 19.9. The lowest BCUT2D eigenvalue weighted by Crippen LogP contribution is -2.35. The largest absolute Gasteiger partial charge is 0.349 e. The number of carbonyl (C=O) groups is 1. The minimum Gasteiger partial charge on any atom is -0.349 e. The fraction of sp³-hybridized carbons (Fsp3) is 0.524. The zero-order chi connectivity index (χ0) is 19.8. The van der Waals surface area contributed by atoms with Crippen LogP contribution in [0.4, 0.5) is 0 Å². The van der Waals surface area contributed by atoms with Gasteiger partial charge in [-0.1, -0.05) is 29.8 Å². The number of likely N-dealkylation sites (N-methyl/N-ethyl adjacent to an activating group) is 1. The van der Waals surface area contributed by atoms with Gasteiger partial charge in [0, 0.05) is 23.2 Å². The van der Waals surface area contributed by atoms with Crippen LogP contribution >= 0.6 is 11.6 Å². The molecule has 1 atom stereocenters.